The Morgan fingerprint density at radius 2 is 1.89 bits per heavy atom. The van der Waals surface area contributed by atoms with Crippen LogP contribution in [0.3, 0.4) is 0 Å². The van der Waals surface area contributed by atoms with E-state index in [2.05, 4.69) is 6.92 Å². The molecule has 1 rings (SSSR count). The molecule has 2 nitrogen and oxygen atoms in total. The van der Waals surface area contributed by atoms with Gasteiger partial charge in [-0.3, -0.25) is 4.29 Å². The Morgan fingerprint density at radius 1 is 1.17 bits per heavy atom. The fourth-order valence-corrected chi connectivity index (χ4v) is 2.32. The molecule has 0 aromatic heterocycles. The maximum Gasteiger partial charge on any atom is 0.118 e. The normalized spacial score (nSPS) is 10.8. The predicted octanol–water partition coefficient (Wildman–Crippen LogP) is 4.88. The molecule has 0 saturated carbocycles. The SMILES string of the molecule is CCCCCCCc1ccc(O)c(C)c1COCl. The molecule has 3 heteroatoms. The van der Waals surface area contributed by atoms with Crippen molar-refractivity contribution in [3.8, 4) is 5.75 Å². The van der Waals surface area contributed by atoms with Gasteiger partial charge in [-0.05, 0) is 42.5 Å². The lowest BCUT2D eigenvalue weighted by Crippen LogP contribution is -1.99. The van der Waals surface area contributed by atoms with Gasteiger partial charge in [0.25, 0.3) is 0 Å². The Kier molecular flexibility index (Phi) is 7.14. The number of halogens is 1. The van der Waals surface area contributed by atoms with Crippen LogP contribution in [0.2, 0.25) is 0 Å². The van der Waals surface area contributed by atoms with Crippen molar-refractivity contribution in [3.63, 3.8) is 0 Å². The first kappa shape index (κ1) is 15.3. The Labute approximate surface area is 115 Å². The molecule has 1 aromatic carbocycles. The summed E-state index contributed by atoms with van der Waals surface area (Å²) in [6, 6.07) is 3.74. The fraction of sp³-hybridized carbons (Fsp3) is 0.600. The number of unbranched alkanes of at least 4 members (excludes halogenated alkanes) is 4. The fourth-order valence-electron chi connectivity index (χ4n) is 2.21. The summed E-state index contributed by atoms with van der Waals surface area (Å²) in [7, 11) is 0. The molecule has 0 atom stereocenters. The van der Waals surface area contributed by atoms with Crippen LogP contribution in [0.25, 0.3) is 0 Å². The molecule has 0 aliphatic heterocycles. The predicted molar refractivity (Wildman–Crippen MR) is 75.9 cm³/mol. The van der Waals surface area contributed by atoms with Crippen molar-refractivity contribution in [2.24, 2.45) is 0 Å². The number of hydrogen-bond donors (Lipinski definition) is 1. The van der Waals surface area contributed by atoms with Crippen molar-refractivity contribution < 1.29 is 9.40 Å². The van der Waals surface area contributed by atoms with Gasteiger partial charge in [-0.1, -0.05) is 38.7 Å². The molecule has 0 aliphatic carbocycles. The van der Waals surface area contributed by atoms with E-state index in [0.717, 1.165) is 17.5 Å². The molecule has 0 fully saturated rings. The zero-order valence-electron chi connectivity index (χ0n) is 11.3. The van der Waals surface area contributed by atoms with Crippen molar-refractivity contribution in [1.82, 2.24) is 0 Å². The average molecular weight is 271 g/mol. The van der Waals surface area contributed by atoms with Crippen LogP contribution in [-0.4, -0.2) is 5.11 Å². The van der Waals surface area contributed by atoms with Crippen molar-refractivity contribution >= 4 is 11.9 Å². The lowest BCUT2D eigenvalue weighted by molar-refractivity contribution is 0.336. The topological polar surface area (TPSA) is 29.5 Å². The van der Waals surface area contributed by atoms with E-state index in [-0.39, 0.29) is 0 Å². The highest BCUT2D eigenvalue weighted by molar-refractivity contribution is 6.07. The highest BCUT2D eigenvalue weighted by Gasteiger charge is 2.09. The van der Waals surface area contributed by atoms with Crippen LogP contribution in [0.5, 0.6) is 5.75 Å². The largest absolute Gasteiger partial charge is 0.508 e. The van der Waals surface area contributed by atoms with E-state index < -0.39 is 0 Å². The summed E-state index contributed by atoms with van der Waals surface area (Å²) in [6.45, 7) is 4.48. The number of aryl methyl sites for hydroxylation is 1. The molecule has 0 bridgehead atoms. The van der Waals surface area contributed by atoms with Gasteiger partial charge in [-0.25, -0.2) is 0 Å². The summed E-state index contributed by atoms with van der Waals surface area (Å²) < 4.78 is 4.71. The highest BCUT2D eigenvalue weighted by Crippen LogP contribution is 2.26. The summed E-state index contributed by atoms with van der Waals surface area (Å²) in [5, 5.41) is 9.69. The second-order valence-corrected chi connectivity index (χ2v) is 4.98. The van der Waals surface area contributed by atoms with Crippen molar-refractivity contribution in [3.05, 3.63) is 28.8 Å². The van der Waals surface area contributed by atoms with Gasteiger partial charge in [0.05, 0.1) is 18.5 Å². The zero-order valence-corrected chi connectivity index (χ0v) is 12.1. The summed E-state index contributed by atoms with van der Waals surface area (Å²) in [5.41, 5.74) is 3.14. The Bertz CT molecular complexity index is 364. The van der Waals surface area contributed by atoms with Crippen LogP contribution < -0.4 is 0 Å². The maximum atomic E-state index is 9.69. The van der Waals surface area contributed by atoms with E-state index in [4.69, 9.17) is 16.2 Å². The molecule has 0 aliphatic rings. The lowest BCUT2D eigenvalue weighted by atomic mass is 9.97. The van der Waals surface area contributed by atoms with Gasteiger partial charge in [-0.2, -0.15) is 0 Å². The van der Waals surface area contributed by atoms with Crippen LogP contribution in [-0.2, 0) is 17.3 Å². The lowest BCUT2D eigenvalue weighted by Gasteiger charge is -2.12. The van der Waals surface area contributed by atoms with Crippen LogP contribution in [0.1, 0.15) is 55.7 Å². The first-order valence-corrected chi connectivity index (χ1v) is 7.05. The molecule has 0 heterocycles. The molecule has 1 aromatic rings. The van der Waals surface area contributed by atoms with Crippen LogP contribution in [0.15, 0.2) is 12.1 Å². The third-order valence-electron chi connectivity index (χ3n) is 3.42. The van der Waals surface area contributed by atoms with Gasteiger partial charge in [0.2, 0.25) is 0 Å². The summed E-state index contributed by atoms with van der Waals surface area (Å²) in [4.78, 5) is 0. The smallest absolute Gasteiger partial charge is 0.118 e. The summed E-state index contributed by atoms with van der Waals surface area (Å²) >= 11 is 5.35. The number of phenolic OH excluding ortho intramolecular Hbond substituents is 1. The number of hydrogen-bond acceptors (Lipinski definition) is 2. The van der Waals surface area contributed by atoms with E-state index in [1.54, 1.807) is 6.07 Å². The number of aromatic hydroxyl groups is 1. The standard InChI is InChI=1S/C15H23ClO2/c1-3-4-5-6-7-8-13-9-10-15(17)12(2)14(13)11-18-16/h9-10,17H,3-8,11H2,1-2H3. The molecular formula is C15H23ClO2. The molecule has 18 heavy (non-hydrogen) atoms. The second kappa shape index (κ2) is 8.39. The van der Waals surface area contributed by atoms with Crippen LogP contribution >= 0.6 is 11.9 Å². The first-order valence-electron chi connectivity index (χ1n) is 6.74. The quantitative estimate of drug-likeness (QED) is 0.682. The Hall–Kier alpha value is -0.730. The average Bonchev–Trinajstić information content (AvgIpc) is 2.37. The zero-order chi connectivity index (χ0) is 13.4. The molecule has 102 valence electrons. The van der Waals surface area contributed by atoms with Crippen LogP contribution in [0.4, 0.5) is 0 Å². The minimum atomic E-state index is 0.313. The first-order chi connectivity index (χ1) is 8.70. The summed E-state index contributed by atoms with van der Waals surface area (Å²) in [6.07, 6.45) is 7.35. The molecule has 0 saturated heterocycles. The molecular weight excluding hydrogens is 248 g/mol. The number of benzene rings is 1. The van der Waals surface area contributed by atoms with Crippen molar-refractivity contribution in [1.29, 1.82) is 0 Å². The highest BCUT2D eigenvalue weighted by atomic mass is 35.5. The van der Waals surface area contributed by atoms with E-state index in [1.165, 1.54) is 37.7 Å². The molecule has 1 N–H and O–H groups in total. The summed E-state index contributed by atoms with van der Waals surface area (Å²) in [5.74, 6) is 0.313. The number of phenols is 1. The van der Waals surface area contributed by atoms with E-state index >= 15 is 0 Å². The molecule has 0 radical (unpaired) electrons. The molecule has 0 amide bonds. The maximum absolute atomic E-state index is 9.69. The minimum absolute atomic E-state index is 0.313. The Balaban J connectivity index is 2.61. The van der Waals surface area contributed by atoms with Crippen molar-refractivity contribution in [2.75, 3.05) is 0 Å². The van der Waals surface area contributed by atoms with Crippen LogP contribution in [0, 0.1) is 6.92 Å². The van der Waals surface area contributed by atoms with Gasteiger partial charge in [-0.15, -0.1) is 0 Å². The third kappa shape index (κ3) is 4.51. The minimum Gasteiger partial charge on any atom is -0.508 e. The number of rotatable bonds is 8. The van der Waals surface area contributed by atoms with Gasteiger partial charge >= 0.3 is 0 Å². The molecule has 0 spiro atoms. The van der Waals surface area contributed by atoms with E-state index in [0.29, 0.717) is 12.4 Å². The Morgan fingerprint density at radius 3 is 2.56 bits per heavy atom. The second-order valence-electron chi connectivity index (χ2n) is 4.77. The van der Waals surface area contributed by atoms with Gasteiger partial charge < -0.3 is 5.11 Å². The molecule has 0 unspecified atom stereocenters. The van der Waals surface area contributed by atoms with Gasteiger partial charge in [0, 0.05) is 0 Å². The monoisotopic (exact) mass is 270 g/mol. The van der Waals surface area contributed by atoms with Gasteiger partial charge in [0.15, 0.2) is 0 Å². The van der Waals surface area contributed by atoms with Crippen molar-refractivity contribution in [2.45, 2.75) is 59.0 Å². The third-order valence-corrected chi connectivity index (χ3v) is 3.52. The van der Waals surface area contributed by atoms with E-state index in [9.17, 15) is 5.11 Å². The van der Waals surface area contributed by atoms with Gasteiger partial charge in [0.1, 0.15) is 5.75 Å². The van der Waals surface area contributed by atoms with E-state index in [1.807, 2.05) is 13.0 Å².